The summed E-state index contributed by atoms with van der Waals surface area (Å²) < 4.78 is 0. The SMILES string of the molecule is N#CCCCc1ccnc(-c2ccccn2)c1. The van der Waals surface area contributed by atoms with Gasteiger partial charge in [0.05, 0.1) is 17.5 Å². The molecule has 84 valence electrons. The molecule has 2 heterocycles. The largest absolute Gasteiger partial charge is 0.255 e. The van der Waals surface area contributed by atoms with Gasteiger partial charge in [0.2, 0.25) is 0 Å². The van der Waals surface area contributed by atoms with E-state index in [4.69, 9.17) is 5.26 Å². The fraction of sp³-hybridized carbons (Fsp3) is 0.214. The summed E-state index contributed by atoms with van der Waals surface area (Å²) in [5, 5.41) is 8.50. The molecule has 3 nitrogen and oxygen atoms in total. The number of aromatic nitrogens is 2. The Morgan fingerprint density at radius 3 is 2.71 bits per heavy atom. The van der Waals surface area contributed by atoms with E-state index in [-0.39, 0.29) is 0 Å². The summed E-state index contributed by atoms with van der Waals surface area (Å²) in [7, 11) is 0. The summed E-state index contributed by atoms with van der Waals surface area (Å²) in [5.74, 6) is 0. The highest BCUT2D eigenvalue weighted by Gasteiger charge is 2.01. The second-order valence-corrected chi connectivity index (χ2v) is 3.78. The molecular formula is C14H13N3. The number of nitrogens with zero attached hydrogens (tertiary/aromatic N) is 3. The Labute approximate surface area is 101 Å². The third kappa shape index (κ3) is 3.12. The monoisotopic (exact) mass is 223 g/mol. The fourth-order valence-electron chi connectivity index (χ4n) is 1.66. The highest BCUT2D eigenvalue weighted by molar-refractivity contribution is 5.54. The maximum Gasteiger partial charge on any atom is 0.0888 e. The summed E-state index contributed by atoms with van der Waals surface area (Å²) in [6.45, 7) is 0. The molecule has 0 atom stereocenters. The van der Waals surface area contributed by atoms with Crippen LogP contribution in [0, 0.1) is 11.3 Å². The molecule has 0 radical (unpaired) electrons. The van der Waals surface area contributed by atoms with Crippen molar-refractivity contribution in [3.8, 4) is 17.5 Å². The van der Waals surface area contributed by atoms with Crippen molar-refractivity contribution < 1.29 is 0 Å². The van der Waals surface area contributed by atoms with Crippen LogP contribution in [-0.4, -0.2) is 9.97 Å². The Balaban J connectivity index is 2.15. The van der Waals surface area contributed by atoms with E-state index in [1.54, 1.807) is 12.4 Å². The first kappa shape index (κ1) is 11.3. The summed E-state index contributed by atoms with van der Waals surface area (Å²) in [5.41, 5.74) is 2.98. The molecule has 2 aromatic heterocycles. The minimum Gasteiger partial charge on any atom is -0.255 e. The molecule has 0 amide bonds. The van der Waals surface area contributed by atoms with Gasteiger partial charge in [0.1, 0.15) is 0 Å². The van der Waals surface area contributed by atoms with Crippen LogP contribution in [0.3, 0.4) is 0 Å². The van der Waals surface area contributed by atoms with Crippen LogP contribution >= 0.6 is 0 Å². The molecule has 3 heteroatoms. The van der Waals surface area contributed by atoms with Crippen LogP contribution in [0.2, 0.25) is 0 Å². The fourth-order valence-corrected chi connectivity index (χ4v) is 1.66. The van der Waals surface area contributed by atoms with Gasteiger partial charge in [0, 0.05) is 18.8 Å². The molecule has 0 aliphatic heterocycles. The maximum absolute atomic E-state index is 8.50. The molecule has 0 saturated heterocycles. The van der Waals surface area contributed by atoms with Crippen LogP contribution in [0.5, 0.6) is 0 Å². The van der Waals surface area contributed by atoms with Crippen molar-refractivity contribution in [2.24, 2.45) is 0 Å². The molecule has 17 heavy (non-hydrogen) atoms. The van der Waals surface area contributed by atoms with Gasteiger partial charge in [-0.25, -0.2) is 0 Å². The standard InChI is InChI=1S/C14H13N3/c15-8-3-1-5-12-7-10-17-14(11-12)13-6-2-4-9-16-13/h2,4,6-7,9-11H,1,3,5H2. The Morgan fingerprint density at radius 2 is 1.94 bits per heavy atom. The molecule has 0 aliphatic carbocycles. The van der Waals surface area contributed by atoms with Crippen LogP contribution in [0.4, 0.5) is 0 Å². The number of nitriles is 1. The molecule has 2 aromatic rings. The van der Waals surface area contributed by atoms with E-state index in [9.17, 15) is 0 Å². The van der Waals surface area contributed by atoms with E-state index in [0.717, 1.165) is 24.2 Å². The number of hydrogen-bond donors (Lipinski definition) is 0. The van der Waals surface area contributed by atoms with Gasteiger partial charge in [-0.3, -0.25) is 9.97 Å². The zero-order valence-corrected chi connectivity index (χ0v) is 9.50. The highest BCUT2D eigenvalue weighted by Crippen LogP contribution is 2.15. The molecule has 0 fully saturated rings. The minimum absolute atomic E-state index is 0.598. The normalized spacial score (nSPS) is 9.82. The van der Waals surface area contributed by atoms with Gasteiger partial charge in [-0.2, -0.15) is 5.26 Å². The van der Waals surface area contributed by atoms with Crippen LogP contribution in [0.1, 0.15) is 18.4 Å². The van der Waals surface area contributed by atoms with E-state index in [0.29, 0.717) is 6.42 Å². The number of pyridine rings is 2. The van der Waals surface area contributed by atoms with Crippen molar-refractivity contribution in [1.82, 2.24) is 9.97 Å². The zero-order chi connectivity index (χ0) is 11.9. The molecule has 0 spiro atoms. The van der Waals surface area contributed by atoms with Crippen LogP contribution < -0.4 is 0 Å². The first-order valence-electron chi connectivity index (χ1n) is 5.63. The number of unbranched alkanes of at least 4 members (excludes halogenated alkanes) is 1. The summed E-state index contributed by atoms with van der Waals surface area (Å²) in [6, 6.07) is 12.0. The predicted octanol–water partition coefficient (Wildman–Crippen LogP) is 2.99. The molecule has 0 aliphatic rings. The third-order valence-electron chi connectivity index (χ3n) is 2.51. The van der Waals surface area contributed by atoms with Gasteiger partial charge < -0.3 is 0 Å². The summed E-state index contributed by atoms with van der Waals surface area (Å²) in [6.07, 6.45) is 5.96. The van der Waals surface area contributed by atoms with Crippen LogP contribution in [0.25, 0.3) is 11.4 Å². The van der Waals surface area contributed by atoms with E-state index in [2.05, 4.69) is 16.0 Å². The second-order valence-electron chi connectivity index (χ2n) is 3.78. The maximum atomic E-state index is 8.50. The van der Waals surface area contributed by atoms with Gasteiger partial charge in [-0.05, 0) is 42.7 Å². The van der Waals surface area contributed by atoms with E-state index >= 15 is 0 Å². The Morgan fingerprint density at radius 1 is 1.06 bits per heavy atom. The Kier molecular flexibility index (Phi) is 3.82. The van der Waals surface area contributed by atoms with Gasteiger partial charge in [0.25, 0.3) is 0 Å². The Bertz CT molecular complexity index is 514. The van der Waals surface area contributed by atoms with Crippen molar-refractivity contribution in [2.45, 2.75) is 19.3 Å². The molecule has 0 aromatic carbocycles. The van der Waals surface area contributed by atoms with Crippen molar-refractivity contribution in [2.75, 3.05) is 0 Å². The van der Waals surface area contributed by atoms with Crippen LogP contribution in [-0.2, 0) is 6.42 Å². The number of aryl methyl sites for hydroxylation is 1. The first-order chi connectivity index (χ1) is 8.40. The zero-order valence-electron chi connectivity index (χ0n) is 9.50. The quantitative estimate of drug-likeness (QED) is 0.749. The van der Waals surface area contributed by atoms with E-state index in [1.807, 2.05) is 30.3 Å². The molecule has 0 bridgehead atoms. The van der Waals surface area contributed by atoms with Crippen molar-refractivity contribution >= 4 is 0 Å². The first-order valence-corrected chi connectivity index (χ1v) is 5.63. The van der Waals surface area contributed by atoms with Crippen molar-refractivity contribution in [1.29, 1.82) is 5.26 Å². The number of hydrogen-bond acceptors (Lipinski definition) is 3. The average Bonchev–Trinajstić information content (AvgIpc) is 2.41. The van der Waals surface area contributed by atoms with Gasteiger partial charge in [0.15, 0.2) is 0 Å². The second kappa shape index (κ2) is 5.76. The number of rotatable bonds is 4. The molecular weight excluding hydrogens is 210 g/mol. The predicted molar refractivity (Wildman–Crippen MR) is 66.0 cm³/mol. The topological polar surface area (TPSA) is 49.6 Å². The summed E-state index contributed by atoms with van der Waals surface area (Å²) >= 11 is 0. The third-order valence-corrected chi connectivity index (χ3v) is 2.51. The van der Waals surface area contributed by atoms with Crippen molar-refractivity contribution in [3.63, 3.8) is 0 Å². The van der Waals surface area contributed by atoms with E-state index < -0.39 is 0 Å². The molecule has 0 N–H and O–H groups in total. The lowest BCUT2D eigenvalue weighted by atomic mass is 10.1. The van der Waals surface area contributed by atoms with Gasteiger partial charge in [-0.15, -0.1) is 0 Å². The van der Waals surface area contributed by atoms with Gasteiger partial charge >= 0.3 is 0 Å². The molecule has 2 rings (SSSR count). The lowest BCUT2D eigenvalue weighted by Gasteiger charge is -2.02. The Hall–Kier alpha value is -2.21. The van der Waals surface area contributed by atoms with E-state index in [1.165, 1.54) is 5.56 Å². The lowest BCUT2D eigenvalue weighted by molar-refractivity contribution is 0.849. The highest BCUT2D eigenvalue weighted by atomic mass is 14.8. The lowest BCUT2D eigenvalue weighted by Crippen LogP contribution is -1.90. The average molecular weight is 223 g/mol. The minimum atomic E-state index is 0.598. The van der Waals surface area contributed by atoms with Gasteiger partial charge in [-0.1, -0.05) is 6.07 Å². The van der Waals surface area contributed by atoms with Crippen molar-refractivity contribution in [3.05, 3.63) is 48.3 Å². The summed E-state index contributed by atoms with van der Waals surface area (Å²) in [4.78, 5) is 8.58. The van der Waals surface area contributed by atoms with Crippen LogP contribution in [0.15, 0.2) is 42.7 Å². The molecule has 0 unspecified atom stereocenters. The smallest absolute Gasteiger partial charge is 0.0888 e. The molecule has 0 saturated carbocycles.